The molecule has 0 spiro atoms. The Morgan fingerprint density at radius 2 is 1.85 bits per heavy atom. The first-order chi connectivity index (χ1) is 9.60. The predicted octanol–water partition coefficient (Wildman–Crippen LogP) is 4.44. The number of nitrogens with one attached hydrogen (secondary N) is 2. The molecule has 0 atom stereocenters. The molecule has 4 heteroatoms. The van der Waals surface area contributed by atoms with Crippen LogP contribution >= 0.6 is 15.9 Å². The molecule has 0 unspecified atom stereocenters. The van der Waals surface area contributed by atoms with E-state index in [0.717, 1.165) is 28.0 Å². The zero-order chi connectivity index (χ0) is 14.5. The third-order valence-corrected chi connectivity index (χ3v) is 3.42. The van der Waals surface area contributed by atoms with Gasteiger partial charge in [-0.3, -0.25) is 4.79 Å². The van der Waals surface area contributed by atoms with Crippen LogP contribution in [0.1, 0.15) is 22.8 Å². The second-order valence-corrected chi connectivity index (χ2v) is 5.46. The molecule has 104 valence electrons. The molecule has 0 bridgehead atoms. The highest BCUT2D eigenvalue weighted by molar-refractivity contribution is 9.10. The minimum atomic E-state index is -0.105. The number of aryl methyl sites for hydroxylation is 1. The summed E-state index contributed by atoms with van der Waals surface area (Å²) in [5.41, 5.74) is 3.36. The first kappa shape index (κ1) is 14.6. The second-order valence-electron chi connectivity index (χ2n) is 4.54. The van der Waals surface area contributed by atoms with E-state index in [-0.39, 0.29) is 5.91 Å². The van der Waals surface area contributed by atoms with Gasteiger partial charge in [0.15, 0.2) is 0 Å². The molecule has 0 aliphatic carbocycles. The monoisotopic (exact) mass is 332 g/mol. The molecule has 0 aliphatic rings. The lowest BCUT2D eigenvalue weighted by atomic mass is 10.1. The van der Waals surface area contributed by atoms with Crippen LogP contribution in [0.4, 0.5) is 11.4 Å². The molecule has 3 nitrogen and oxygen atoms in total. The molecule has 0 saturated heterocycles. The van der Waals surface area contributed by atoms with Crippen LogP contribution in [0, 0.1) is 6.92 Å². The van der Waals surface area contributed by atoms with Crippen molar-refractivity contribution in [3.63, 3.8) is 0 Å². The van der Waals surface area contributed by atoms with Gasteiger partial charge in [0, 0.05) is 22.4 Å². The summed E-state index contributed by atoms with van der Waals surface area (Å²) >= 11 is 3.38. The van der Waals surface area contributed by atoms with Crippen molar-refractivity contribution in [1.29, 1.82) is 0 Å². The fraction of sp³-hybridized carbons (Fsp3) is 0.188. The Labute approximate surface area is 127 Å². The van der Waals surface area contributed by atoms with Crippen molar-refractivity contribution in [3.05, 3.63) is 58.1 Å². The molecular formula is C16H17BrN2O. The summed E-state index contributed by atoms with van der Waals surface area (Å²) in [5.74, 6) is -0.105. The van der Waals surface area contributed by atoms with E-state index in [1.165, 1.54) is 0 Å². The summed E-state index contributed by atoms with van der Waals surface area (Å²) in [6.07, 6.45) is 0. The number of hydrogen-bond acceptors (Lipinski definition) is 2. The van der Waals surface area contributed by atoms with Crippen LogP contribution in [-0.2, 0) is 0 Å². The number of benzene rings is 2. The summed E-state index contributed by atoms with van der Waals surface area (Å²) in [6, 6.07) is 13.4. The van der Waals surface area contributed by atoms with E-state index in [0.29, 0.717) is 5.56 Å². The second kappa shape index (κ2) is 6.57. The van der Waals surface area contributed by atoms with Gasteiger partial charge in [0.25, 0.3) is 5.91 Å². The number of amides is 1. The molecule has 2 rings (SSSR count). The minimum absolute atomic E-state index is 0.105. The third-order valence-electron chi connectivity index (χ3n) is 2.89. The van der Waals surface area contributed by atoms with E-state index < -0.39 is 0 Å². The van der Waals surface area contributed by atoms with E-state index in [4.69, 9.17) is 0 Å². The molecule has 1 amide bonds. The van der Waals surface area contributed by atoms with Crippen LogP contribution in [-0.4, -0.2) is 12.5 Å². The highest BCUT2D eigenvalue weighted by atomic mass is 79.9. The number of halogens is 1. The molecule has 2 aromatic rings. The zero-order valence-corrected chi connectivity index (χ0v) is 13.1. The summed E-state index contributed by atoms with van der Waals surface area (Å²) in [7, 11) is 0. The van der Waals surface area contributed by atoms with Crippen LogP contribution in [0.15, 0.2) is 46.9 Å². The lowest BCUT2D eigenvalue weighted by Crippen LogP contribution is -2.15. The lowest BCUT2D eigenvalue weighted by Gasteiger charge is -2.12. The van der Waals surface area contributed by atoms with E-state index in [1.54, 1.807) is 0 Å². The Balaban J connectivity index is 2.23. The van der Waals surface area contributed by atoms with Crippen molar-refractivity contribution in [3.8, 4) is 0 Å². The van der Waals surface area contributed by atoms with Crippen molar-refractivity contribution in [2.45, 2.75) is 13.8 Å². The largest absolute Gasteiger partial charge is 0.385 e. The molecule has 0 saturated carbocycles. The maximum atomic E-state index is 12.4. The predicted molar refractivity (Wildman–Crippen MR) is 87.4 cm³/mol. The van der Waals surface area contributed by atoms with Gasteiger partial charge in [-0.2, -0.15) is 0 Å². The van der Waals surface area contributed by atoms with Gasteiger partial charge in [-0.25, -0.2) is 0 Å². The van der Waals surface area contributed by atoms with Gasteiger partial charge in [-0.15, -0.1) is 0 Å². The van der Waals surface area contributed by atoms with Gasteiger partial charge in [0.1, 0.15) is 0 Å². The van der Waals surface area contributed by atoms with Crippen molar-refractivity contribution in [2.75, 3.05) is 17.2 Å². The number of hydrogen-bond donors (Lipinski definition) is 2. The average Bonchev–Trinajstić information content (AvgIpc) is 2.43. The summed E-state index contributed by atoms with van der Waals surface area (Å²) in [6.45, 7) is 4.77. The van der Waals surface area contributed by atoms with Gasteiger partial charge in [-0.05, 0) is 50.2 Å². The molecule has 0 aliphatic heterocycles. The van der Waals surface area contributed by atoms with E-state index >= 15 is 0 Å². The van der Waals surface area contributed by atoms with Gasteiger partial charge in [-0.1, -0.05) is 27.6 Å². The van der Waals surface area contributed by atoms with Crippen molar-refractivity contribution in [2.24, 2.45) is 0 Å². The normalized spacial score (nSPS) is 10.2. The quantitative estimate of drug-likeness (QED) is 0.868. The lowest BCUT2D eigenvalue weighted by molar-refractivity contribution is 0.102. The SMILES string of the molecule is CCNc1ccc(C)cc1C(=O)Nc1ccc(Br)cc1. The first-order valence-electron chi connectivity index (χ1n) is 6.51. The van der Waals surface area contributed by atoms with Crippen LogP contribution in [0.3, 0.4) is 0 Å². The Morgan fingerprint density at radius 3 is 2.50 bits per heavy atom. The highest BCUT2D eigenvalue weighted by Gasteiger charge is 2.11. The van der Waals surface area contributed by atoms with Crippen LogP contribution in [0.25, 0.3) is 0 Å². The molecule has 0 heterocycles. The van der Waals surface area contributed by atoms with Gasteiger partial charge in [0.05, 0.1) is 5.56 Å². The minimum Gasteiger partial charge on any atom is -0.385 e. The number of carbonyl (C=O) groups is 1. The number of anilines is 2. The van der Waals surface area contributed by atoms with E-state index in [9.17, 15) is 4.79 Å². The van der Waals surface area contributed by atoms with Crippen molar-refractivity contribution >= 4 is 33.2 Å². The Kier molecular flexibility index (Phi) is 4.79. The molecule has 20 heavy (non-hydrogen) atoms. The van der Waals surface area contributed by atoms with Crippen LogP contribution < -0.4 is 10.6 Å². The molecule has 0 aromatic heterocycles. The van der Waals surface area contributed by atoms with Crippen molar-refractivity contribution in [1.82, 2.24) is 0 Å². The topological polar surface area (TPSA) is 41.1 Å². The maximum absolute atomic E-state index is 12.4. The zero-order valence-electron chi connectivity index (χ0n) is 11.5. The molecule has 0 radical (unpaired) electrons. The summed E-state index contributed by atoms with van der Waals surface area (Å²) in [4.78, 5) is 12.4. The van der Waals surface area contributed by atoms with Gasteiger partial charge < -0.3 is 10.6 Å². The van der Waals surface area contributed by atoms with Gasteiger partial charge in [0.2, 0.25) is 0 Å². The maximum Gasteiger partial charge on any atom is 0.257 e. The summed E-state index contributed by atoms with van der Waals surface area (Å²) < 4.78 is 0.986. The molecular weight excluding hydrogens is 316 g/mol. The first-order valence-corrected chi connectivity index (χ1v) is 7.31. The molecule has 2 aromatic carbocycles. The van der Waals surface area contributed by atoms with Gasteiger partial charge >= 0.3 is 0 Å². The number of carbonyl (C=O) groups excluding carboxylic acids is 1. The Morgan fingerprint density at radius 1 is 1.15 bits per heavy atom. The Hall–Kier alpha value is -1.81. The highest BCUT2D eigenvalue weighted by Crippen LogP contribution is 2.20. The summed E-state index contributed by atoms with van der Waals surface area (Å²) in [5, 5.41) is 6.12. The van der Waals surface area contributed by atoms with E-state index in [1.807, 2.05) is 56.3 Å². The standard InChI is InChI=1S/C16H17BrN2O/c1-3-18-15-9-4-11(2)10-14(15)16(20)19-13-7-5-12(17)6-8-13/h4-10,18H,3H2,1-2H3,(H,19,20). The Bertz CT molecular complexity index is 608. The molecule has 2 N–H and O–H groups in total. The van der Waals surface area contributed by atoms with Crippen LogP contribution in [0.5, 0.6) is 0 Å². The molecule has 0 fully saturated rings. The average molecular weight is 333 g/mol. The smallest absolute Gasteiger partial charge is 0.257 e. The van der Waals surface area contributed by atoms with E-state index in [2.05, 4.69) is 26.6 Å². The van der Waals surface area contributed by atoms with Crippen LogP contribution in [0.2, 0.25) is 0 Å². The fourth-order valence-electron chi connectivity index (χ4n) is 1.92. The number of rotatable bonds is 4. The third kappa shape index (κ3) is 3.61. The van der Waals surface area contributed by atoms with Crippen molar-refractivity contribution < 1.29 is 4.79 Å². The fourth-order valence-corrected chi connectivity index (χ4v) is 2.19.